The molecule has 0 aliphatic carbocycles. The predicted molar refractivity (Wildman–Crippen MR) is 151 cm³/mol. The van der Waals surface area contributed by atoms with Gasteiger partial charge in [-0.25, -0.2) is 4.57 Å². The number of esters is 2. The minimum atomic E-state index is -4.34. The van der Waals surface area contributed by atoms with Crippen molar-refractivity contribution in [3.8, 4) is 0 Å². The molecule has 0 aromatic rings. The van der Waals surface area contributed by atoms with Crippen molar-refractivity contribution in [2.24, 2.45) is 0 Å². The second kappa shape index (κ2) is 22.6. The van der Waals surface area contributed by atoms with Gasteiger partial charge in [0.2, 0.25) is 0 Å². The van der Waals surface area contributed by atoms with Crippen molar-refractivity contribution in [3.05, 3.63) is 12.2 Å². The Kier molecular flexibility index (Phi) is 21.8. The summed E-state index contributed by atoms with van der Waals surface area (Å²) in [6.07, 6.45) is 16.1. The molecule has 1 N–H and O–H groups in total. The smallest absolute Gasteiger partial charge is 0.462 e. The van der Waals surface area contributed by atoms with Gasteiger partial charge >= 0.3 is 19.8 Å². The van der Waals surface area contributed by atoms with Crippen LogP contribution in [0.25, 0.3) is 0 Å². The lowest BCUT2D eigenvalue weighted by Crippen LogP contribution is -2.37. The van der Waals surface area contributed by atoms with Gasteiger partial charge in [0.05, 0.1) is 27.7 Å². The van der Waals surface area contributed by atoms with Crippen LogP contribution in [-0.4, -0.2) is 74.9 Å². The number of phosphoric acid groups is 1. The zero-order chi connectivity index (χ0) is 28.7. The van der Waals surface area contributed by atoms with Gasteiger partial charge in [0, 0.05) is 12.8 Å². The van der Waals surface area contributed by atoms with Crippen LogP contribution >= 0.6 is 7.82 Å². The second-order valence-corrected chi connectivity index (χ2v) is 12.2. The van der Waals surface area contributed by atoms with E-state index in [0.717, 1.165) is 64.2 Å². The monoisotopic (exact) mass is 564 g/mol. The number of nitrogens with zero attached hydrogens (tertiary/aromatic N) is 1. The molecule has 0 aromatic heterocycles. The Morgan fingerprint density at radius 3 is 2.05 bits per heavy atom. The molecule has 0 amide bonds. The number of allylic oxidation sites excluding steroid dienone is 2. The van der Waals surface area contributed by atoms with Crippen molar-refractivity contribution >= 4 is 19.8 Å². The number of likely N-dealkylation sites (N-methyl/N-ethyl adjacent to an activating group) is 1. The lowest BCUT2D eigenvalue weighted by atomic mass is 10.1. The number of quaternary nitrogens is 1. The van der Waals surface area contributed by atoms with E-state index >= 15 is 0 Å². The summed E-state index contributed by atoms with van der Waals surface area (Å²) in [5.74, 6) is -0.836. The molecule has 10 heteroatoms. The van der Waals surface area contributed by atoms with Crippen LogP contribution in [0.4, 0.5) is 0 Å². The molecule has 0 aliphatic heterocycles. The van der Waals surface area contributed by atoms with Crippen LogP contribution in [0.2, 0.25) is 0 Å². The highest BCUT2D eigenvalue weighted by Gasteiger charge is 2.27. The second-order valence-electron chi connectivity index (χ2n) is 10.8. The van der Waals surface area contributed by atoms with E-state index < -0.39 is 32.5 Å². The van der Waals surface area contributed by atoms with Gasteiger partial charge in [-0.05, 0) is 32.1 Å². The van der Waals surface area contributed by atoms with Gasteiger partial charge in [-0.1, -0.05) is 70.9 Å². The number of carbonyl (C=O) groups excluding carboxylic acids is 2. The summed E-state index contributed by atoms with van der Waals surface area (Å²) < 4.78 is 33.6. The summed E-state index contributed by atoms with van der Waals surface area (Å²) in [5, 5.41) is 0. The highest BCUT2D eigenvalue weighted by atomic mass is 31.2. The first-order valence-electron chi connectivity index (χ1n) is 14.4. The molecule has 0 aromatic carbocycles. The van der Waals surface area contributed by atoms with Crippen LogP contribution in [0, 0.1) is 0 Å². The number of carbonyl (C=O) groups is 2. The summed E-state index contributed by atoms with van der Waals surface area (Å²) in [6.45, 7) is 4.17. The molecule has 224 valence electrons. The third-order valence-corrected chi connectivity index (χ3v) is 6.76. The molecule has 0 spiro atoms. The first kappa shape index (κ1) is 36.8. The van der Waals surface area contributed by atoms with Crippen LogP contribution in [0.5, 0.6) is 0 Å². The molecular weight excluding hydrogens is 509 g/mol. The van der Waals surface area contributed by atoms with Crippen LogP contribution in [-0.2, 0) is 32.7 Å². The molecule has 0 radical (unpaired) electrons. The summed E-state index contributed by atoms with van der Waals surface area (Å²) in [4.78, 5) is 34.5. The number of unbranched alkanes of at least 4 members (excludes halogenated alkanes) is 9. The highest BCUT2D eigenvalue weighted by Crippen LogP contribution is 2.43. The van der Waals surface area contributed by atoms with Crippen molar-refractivity contribution in [1.82, 2.24) is 0 Å². The maximum atomic E-state index is 12.4. The number of hydrogen-bond donors (Lipinski definition) is 1. The first-order valence-corrected chi connectivity index (χ1v) is 15.9. The Labute approximate surface area is 231 Å². The van der Waals surface area contributed by atoms with Crippen LogP contribution in [0.15, 0.2) is 12.2 Å². The molecule has 0 fully saturated rings. The van der Waals surface area contributed by atoms with E-state index in [2.05, 4.69) is 26.0 Å². The zero-order valence-electron chi connectivity index (χ0n) is 24.7. The first-order chi connectivity index (χ1) is 18.0. The zero-order valence-corrected chi connectivity index (χ0v) is 25.6. The number of ether oxygens (including phenoxy) is 2. The van der Waals surface area contributed by atoms with Gasteiger partial charge in [-0.2, -0.15) is 0 Å². The number of rotatable bonds is 25. The van der Waals surface area contributed by atoms with E-state index in [1.165, 1.54) is 6.42 Å². The van der Waals surface area contributed by atoms with Crippen molar-refractivity contribution in [3.63, 3.8) is 0 Å². The predicted octanol–water partition coefficient (Wildman–Crippen LogP) is 6.34. The topological polar surface area (TPSA) is 108 Å². The summed E-state index contributed by atoms with van der Waals surface area (Å²) in [5.41, 5.74) is 0. The van der Waals surface area contributed by atoms with Crippen molar-refractivity contribution in [2.45, 2.75) is 110 Å². The molecule has 0 aliphatic rings. The maximum Gasteiger partial charge on any atom is 0.472 e. The quantitative estimate of drug-likeness (QED) is 0.0450. The molecule has 0 heterocycles. The van der Waals surface area contributed by atoms with E-state index in [-0.39, 0.29) is 26.1 Å². The van der Waals surface area contributed by atoms with Crippen molar-refractivity contribution in [1.29, 1.82) is 0 Å². The SMILES string of the molecule is CCC/C=C/CCCCCCCC(=O)O[C@@H](COC(=O)CCCCCC)COP(=O)(O)OCC[N+](C)(C)C. The Hall–Kier alpha value is -1.25. The fourth-order valence-corrected chi connectivity index (χ4v) is 4.17. The van der Waals surface area contributed by atoms with E-state index in [1.54, 1.807) is 0 Å². The highest BCUT2D eigenvalue weighted by molar-refractivity contribution is 7.47. The van der Waals surface area contributed by atoms with E-state index in [4.69, 9.17) is 18.5 Å². The van der Waals surface area contributed by atoms with Gasteiger partial charge in [0.25, 0.3) is 0 Å². The average molecular weight is 565 g/mol. The van der Waals surface area contributed by atoms with Gasteiger partial charge < -0.3 is 18.9 Å². The maximum absolute atomic E-state index is 12.4. The average Bonchev–Trinajstić information content (AvgIpc) is 2.83. The van der Waals surface area contributed by atoms with E-state index in [1.807, 2.05) is 21.1 Å². The minimum absolute atomic E-state index is 0.0313. The summed E-state index contributed by atoms with van der Waals surface area (Å²) >= 11 is 0. The Morgan fingerprint density at radius 2 is 1.39 bits per heavy atom. The van der Waals surface area contributed by atoms with Gasteiger partial charge in [0.15, 0.2) is 6.10 Å². The third-order valence-electron chi connectivity index (χ3n) is 5.78. The molecule has 38 heavy (non-hydrogen) atoms. The number of phosphoric ester groups is 1. The van der Waals surface area contributed by atoms with Crippen LogP contribution in [0.3, 0.4) is 0 Å². The lowest BCUT2D eigenvalue weighted by molar-refractivity contribution is -0.870. The fraction of sp³-hybridized carbons (Fsp3) is 0.857. The Balaban J connectivity index is 4.54. The van der Waals surface area contributed by atoms with E-state index in [9.17, 15) is 19.0 Å². The van der Waals surface area contributed by atoms with Crippen LogP contribution in [0.1, 0.15) is 104 Å². The third kappa shape index (κ3) is 25.1. The molecule has 0 rings (SSSR count). The molecule has 0 saturated carbocycles. The van der Waals surface area contributed by atoms with Gasteiger partial charge in [-0.3, -0.25) is 18.6 Å². The molecule has 0 bridgehead atoms. The van der Waals surface area contributed by atoms with Crippen molar-refractivity contribution < 1.29 is 42.1 Å². The molecular formula is C28H55NO8P+. The minimum Gasteiger partial charge on any atom is -0.462 e. The Morgan fingerprint density at radius 1 is 0.789 bits per heavy atom. The van der Waals surface area contributed by atoms with Gasteiger partial charge in [0.1, 0.15) is 19.8 Å². The summed E-state index contributed by atoms with van der Waals surface area (Å²) in [7, 11) is 1.46. The molecule has 0 saturated heterocycles. The largest absolute Gasteiger partial charge is 0.472 e. The number of hydrogen-bond acceptors (Lipinski definition) is 7. The van der Waals surface area contributed by atoms with E-state index in [0.29, 0.717) is 17.4 Å². The lowest BCUT2D eigenvalue weighted by Gasteiger charge is -2.24. The Bertz CT molecular complexity index is 693. The molecule has 2 atom stereocenters. The molecule has 9 nitrogen and oxygen atoms in total. The fourth-order valence-electron chi connectivity index (χ4n) is 3.42. The normalized spacial score (nSPS) is 14.4. The van der Waals surface area contributed by atoms with Crippen molar-refractivity contribution in [2.75, 3.05) is 47.5 Å². The van der Waals surface area contributed by atoms with Gasteiger partial charge in [-0.15, -0.1) is 0 Å². The summed E-state index contributed by atoms with van der Waals surface area (Å²) in [6, 6.07) is 0. The van der Waals surface area contributed by atoms with Crippen LogP contribution < -0.4 is 0 Å². The molecule has 1 unspecified atom stereocenters. The standard InChI is InChI=1S/C28H54NO8P/c1-6-8-10-12-13-14-15-16-17-19-21-28(31)37-26(24-34-27(30)20-18-11-9-7-2)25-36-38(32,33)35-23-22-29(3,4)5/h10,12,26H,6-9,11,13-25H2,1-5H3/p+1/b12-10+/t26-/m0/s1.